The lowest BCUT2D eigenvalue weighted by molar-refractivity contribution is 0.0600. The third-order valence-corrected chi connectivity index (χ3v) is 2.93. The van der Waals surface area contributed by atoms with E-state index < -0.39 is 0 Å². The molecule has 0 N–H and O–H groups in total. The monoisotopic (exact) mass is 300 g/mol. The number of benzene rings is 1. The fraction of sp³-hybridized carbons (Fsp3) is 0.462. The molecular formula is C13H17BrO3. The van der Waals surface area contributed by atoms with Crippen LogP contribution in [0, 0.1) is 5.92 Å². The van der Waals surface area contributed by atoms with Gasteiger partial charge in [0, 0.05) is 0 Å². The van der Waals surface area contributed by atoms with E-state index in [2.05, 4.69) is 34.5 Å². The van der Waals surface area contributed by atoms with Gasteiger partial charge in [-0.1, -0.05) is 13.8 Å². The summed E-state index contributed by atoms with van der Waals surface area (Å²) < 4.78 is 11.0. The van der Waals surface area contributed by atoms with Gasteiger partial charge in [0.15, 0.2) is 0 Å². The van der Waals surface area contributed by atoms with E-state index in [9.17, 15) is 4.79 Å². The predicted octanol–water partition coefficient (Wildman–Crippen LogP) is 3.66. The highest BCUT2D eigenvalue weighted by Crippen LogP contribution is 2.26. The molecule has 0 saturated carbocycles. The van der Waals surface area contributed by atoms with Crippen LogP contribution in [-0.4, -0.2) is 19.7 Å². The molecule has 0 amide bonds. The Morgan fingerprint density at radius 2 is 2.12 bits per heavy atom. The molecule has 0 radical (unpaired) electrons. The highest BCUT2D eigenvalue weighted by Gasteiger charge is 2.09. The van der Waals surface area contributed by atoms with E-state index in [0.717, 1.165) is 16.6 Å². The SMILES string of the molecule is COC(=O)c1ccc(OCCC(C)C)c(Br)c1. The molecule has 0 aliphatic rings. The number of esters is 1. The van der Waals surface area contributed by atoms with E-state index in [-0.39, 0.29) is 5.97 Å². The van der Waals surface area contributed by atoms with Crippen LogP contribution in [0.3, 0.4) is 0 Å². The lowest BCUT2D eigenvalue weighted by Gasteiger charge is -2.10. The smallest absolute Gasteiger partial charge is 0.337 e. The maximum Gasteiger partial charge on any atom is 0.337 e. The standard InChI is InChI=1S/C13H17BrO3/c1-9(2)6-7-17-12-5-4-10(8-11(12)14)13(15)16-3/h4-5,8-9H,6-7H2,1-3H3. The maximum atomic E-state index is 11.3. The summed E-state index contributed by atoms with van der Waals surface area (Å²) in [4.78, 5) is 11.3. The minimum Gasteiger partial charge on any atom is -0.492 e. The van der Waals surface area contributed by atoms with E-state index in [1.54, 1.807) is 18.2 Å². The summed E-state index contributed by atoms with van der Waals surface area (Å²) in [5.41, 5.74) is 0.510. The second kappa shape index (κ2) is 6.64. The van der Waals surface area contributed by atoms with E-state index in [4.69, 9.17) is 4.74 Å². The Labute approximate surface area is 110 Å². The second-order valence-electron chi connectivity index (χ2n) is 4.17. The average molecular weight is 301 g/mol. The topological polar surface area (TPSA) is 35.5 Å². The molecule has 1 aromatic rings. The highest BCUT2D eigenvalue weighted by molar-refractivity contribution is 9.10. The van der Waals surface area contributed by atoms with Crippen molar-refractivity contribution in [2.75, 3.05) is 13.7 Å². The third kappa shape index (κ3) is 4.38. The number of ether oxygens (including phenoxy) is 2. The maximum absolute atomic E-state index is 11.3. The molecule has 17 heavy (non-hydrogen) atoms. The van der Waals surface area contributed by atoms with Crippen molar-refractivity contribution in [1.29, 1.82) is 0 Å². The van der Waals surface area contributed by atoms with E-state index >= 15 is 0 Å². The second-order valence-corrected chi connectivity index (χ2v) is 5.02. The Morgan fingerprint density at radius 3 is 2.65 bits per heavy atom. The first kappa shape index (κ1) is 14.0. The summed E-state index contributed by atoms with van der Waals surface area (Å²) in [6.45, 7) is 4.98. The molecular weight excluding hydrogens is 284 g/mol. The minimum absolute atomic E-state index is 0.348. The molecule has 0 bridgehead atoms. The van der Waals surface area contributed by atoms with Crippen molar-refractivity contribution < 1.29 is 14.3 Å². The Bertz CT molecular complexity index is 388. The molecule has 0 aliphatic carbocycles. The molecule has 0 aromatic heterocycles. The first-order chi connectivity index (χ1) is 8.04. The van der Waals surface area contributed by atoms with E-state index in [1.807, 2.05) is 0 Å². The first-order valence-corrected chi connectivity index (χ1v) is 6.34. The number of hydrogen-bond acceptors (Lipinski definition) is 3. The van der Waals surface area contributed by atoms with Crippen LogP contribution in [-0.2, 0) is 4.74 Å². The third-order valence-electron chi connectivity index (χ3n) is 2.31. The van der Waals surface area contributed by atoms with Gasteiger partial charge in [-0.3, -0.25) is 0 Å². The van der Waals surface area contributed by atoms with Gasteiger partial charge in [-0.05, 0) is 46.5 Å². The summed E-state index contributed by atoms with van der Waals surface area (Å²) >= 11 is 3.38. The van der Waals surface area contributed by atoms with Crippen LogP contribution in [0.1, 0.15) is 30.6 Å². The number of methoxy groups -OCH3 is 1. The van der Waals surface area contributed by atoms with Gasteiger partial charge in [0.05, 0.1) is 23.8 Å². The van der Waals surface area contributed by atoms with Crippen LogP contribution in [0.4, 0.5) is 0 Å². The number of hydrogen-bond donors (Lipinski definition) is 0. The molecule has 0 heterocycles. The quantitative estimate of drug-likeness (QED) is 0.779. The largest absolute Gasteiger partial charge is 0.492 e. The molecule has 1 aromatic carbocycles. The van der Waals surface area contributed by atoms with Crippen molar-refractivity contribution in [3.05, 3.63) is 28.2 Å². The average Bonchev–Trinajstić information content (AvgIpc) is 2.29. The summed E-state index contributed by atoms with van der Waals surface area (Å²) in [5.74, 6) is 1.01. The van der Waals surface area contributed by atoms with Gasteiger partial charge in [0.25, 0.3) is 0 Å². The molecule has 0 aliphatic heterocycles. The van der Waals surface area contributed by atoms with Crippen LogP contribution in [0.5, 0.6) is 5.75 Å². The predicted molar refractivity (Wildman–Crippen MR) is 70.4 cm³/mol. The van der Waals surface area contributed by atoms with Crippen LogP contribution >= 0.6 is 15.9 Å². The van der Waals surface area contributed by atoms with Gasteiger partial charge in [-0.25, -0.2) is 4.79 Å². The summed E-state index contributed by atoms with van der Waals surface area (Å²) in [6, 6.07) is 5.18. The normalized spacial score (nSPS) is 10.4. The lowest BCUT2D eigenvalue weighted by atomic mass is 10.1. The zero-order valence-corrected chi connectivity index (χ0v) is 11.9. The molecule has 3 nitrogen and oxygen atoms in total. The summed E-state index contributed by atoms with van der Waals surface area (Å²) in [7, 11) is 1.36. The van der Waals surface area contributed by atoms with Gasteiger partial charge >= 0.3 is 5.97 Å². The van der Waals surface area contributed by atoms with Crippen molar-refractivity contribution in [3.63, 3.8) is 0 Å². The number of carbonyl (C=O) groups excluding carboxylic acids is 1. The molecule has 0 unspecified atom stereocenters. The Kier molecular flexibility index (Phi) is 5.48. The molecule has 0 saturated heterocycles. The molecule has 0 spiro atoms. The van der Waals surface area contributed by atoms with Gasteiger partial charge in [0.1, 0.15) is 5.75 Å². The van der Waals surface area contributed by atoms with Crippen LogP contribution in [0.25, 0.3) is 0 Å². The first-order valence-electron chi connectivity index (χ1n) is 5.55. The Hall–Kier alpha value is -1.03. The molecule has 1 rings (SSSR count). The number of halogens is 1. The van der Waals surface area contributed by atoms with Gasteiger partial charge < -0.3 is 9.47 Å². The zero-order valence-electron chi connectivity index (χ0n) is 10.3. The highest BCUT2D eigenvalue weighted by atomic mass is 79.9. The molecule has 4 heteroatoms. The fourth-order valence-corrected chi connectivity index (χ4v) is 1.76. The fourth-order valence-electron chi connectivity index (χ4n) is 1.27. The zero-order chi connectivity index (χ0) is 12.8. The van der Waals surface area contributed by atoms with Crippen LogP contribution < -0.4 is 4.74 Å². The molecule has 0 fully saturated rings. The van der Waals surface area contributed by atoms with Crippen molar-refractivity contribution in [2.45, 2.75) is 20.3 Å². The van der Waals surface area contributed by atoms with Gasteiger partial charge in [-0.2, -0.15) is 0 Å². The summed E-state index contributed by atoms with van der Waals surface area (Å²) in [6.07, 6.45) is 1.01. The van der Waals surface area contributed by atoms with Crippen molar-refractivity contribution in [2.24, 2.45) is 5.92 Å². The van der Waals surface area contributed by atoms with Crippen LogP contribution in [0.2, 0.25) is 0 Å². The van der Waals surface area contributed by atoms with Crippen molar-refractivity contribution in [1.82, 2.24) is 0 Å². The van der Waals surface area contributed by atoms with Crippen molar-refractivity contribution in [3.8, 4) is 5.75 Å². The number of rotatable bonds is 5. The van der Waals surface area contributed by atoms with Gasteiger partial charge in [0.2, 0.25) is 0 Å². The Morgan fingerprint density at radius 1 is 1.41 bits per heavy atom. The van der Waals surface area contributed by atoms with E-state index in [1.165, 1.54) is 7.11 Å². The minimum atomic E-state index is -0.348. The van der Waals surface area contributed by atoms with Crippen molar-refractivity contribution >= 4 is 21.9 Å². The van der Waals surface area contributed by atoms with E-state index in [0.29, 0.717) is 18.1 Å². The lowest BCUT2D eigenvalue weighted by Crippen LogP contribution is -2.04. The summed E-state index contributed by atoms with van der Waals surface area (Å²) in [5, 5.41) is 0. The Balaban J connectivity index is 2.66. The van der Waals surface area contributed by atoms with Gasteiger partial charge in [-0.15, -0.1) is 0 Å². The van der Waals surface area contributed by atoms with Crippen LogP contribution in [0.15, 0.2) is 22.7 Å². The number of carbonyl (C=O) groups is 1. The molecule has 94 valence electrons. The molecule has 0 atom stereocenters.